The van der Waals surface area contributed by atoms with Gasteiger partial charge in [-0.2, -0.15) is 0 Å². The Morgan fingerprint density at radius 1 is 0.311 bits per heavy atom. The summed E-state index contributed by atoms with van der Waals surface area (Å²) in [6, 6.07) is 60.7. The first-order chi connectivity index (χ1) is 22.3. The molecule has 9 rings (SSSR count). The first-order valence-electron chi connectivity index (χ1n) is 15.4. The predicted octanol–water partition coefficient (Wildman–Crippen LogP) is 12.6. The van der Waals surface area contributed by atoms with Crippen LogP contribution in [0.5, 0.6) is 11.5 Å². The Morgan fingerprint density at radius 2 is 0.800 bits per heavy atom. The molecule has 0 aliphatic carbocycles. The lowest BCUT2D eigenvalue weighted by atomic mass is 9.83. The zero-order valence-corrected chi connectivity index (χ0v) is 24.6. The van der Waals surface area contributed by atoms with Gasteiger partial charge in [-0.05, 0) is 89.3 Å². The van der Waals surface area contributed by atoms with Crippen LogP contribution in [0.1, 0.15) is 0 Å². The molecule has 0 N–H and O–H groups in total. The van der Waals surface area contributed by atoms with Gasteiger partial charge in [0.05, 0.1) is 0 Å². The van der Waals surface area contributed by atoms with Gasteiger partial charge in [-0.15, -0.1) is 0 Å². The maximum atomic E-state index is 6.52. The molecule has 45 heavy (non-hydrogen) atoms. The highest BCUT2D eigenvalue weighted by Crippen LogP contribution is 2.48. The molecule has 9 aromatic carbocycles. The molecule has 0 heterocycles. The summed E-state index contributed by atoms with van der Waals surface area (Å²) in [6.07, 6.45) is 0. The Hall–Kier alpha value is -5.92. The van der Waals surface area contributed by atoms with Crippen molar-refractivity contribution in [2.24, 2.45) is 0 Å². The molecule has 0 unspecified atom stereocenters. The van der Waals surface area contributed by atoms with Crippen LogP contribution in [0.4, 0.5) is 0 Å². The molecule has 0 fully saturated rings. The number of ether oxygens (including phenoxy) is 1. The monoisotopic (exact) mass is 572 g/mol. The highest BCUT2D eigenvalue weighted by Gasteiger charge is 2.21. The Balaban J connectivity index is 1.40. The van der Waals surface area contributed by atoms with Gasteiger partial charge in [0, 0.05) is 11.1 Å². The zero-order chi connectivity index (χ0) is 29.7. The van der Waals surface area contributed by atoms with E-state index in [1.54, 1.807) is 0 Å². The quantitative estimate of drug-likeness (QED) is 0.151. The van der Waals surface area contributed by atoms with Crippen LogP contribution in [0.2, 0.25) is 0 Å². The van der Waals surface area contributed by atoms with Gasteiger partial charge in [0.2, 0.25) is 0 Å². The molecule has 210 valence electrons. The van der Waals surface area contributed by atoms with E-state index >= 15 is 0 Å². The number of benzene rings is 9. The van der Waals surface area contributed by atoms with Crippen molar-refractivity contribution in [3.8, 4) is 33.8 Å². The first-order valence-corrected chi connectivity index (χ1v) is 15.4. The largest absolute Gasteiger partial charge is 0.457 e. The fourth-order valence-corrected chi connectivity index (χ4v) is 7.17. The van der Waals surface area contributed by atoms with Crippen molar-refractivity contribution in [3.05, 3.63) is 170 Å². The number of hydrogen-bond acceptors (Lipinski definition) is 1. The van der Waals surface area contributed by atoms with Crippen molar-refractivity contribution < 1.29 is 4.74 Å². The average Bonchev–Trinajstić information content (AvgIpc) is 3.11. The van der Waals surface area contributed by atoms with Crippen molar-refractivity contribution in [3.63, 3.8) is 0 Å². The third-order valence-corrected chi connectivity index (χ3v) is 9.08. The van der Waals surface area contributed by atoms with Crippen LogP contribution < -0.4 is 4.74 Å². The Bertz CT molecular complexity index is 2500. The van der Waals surface area contributed by atoms with Crippen LogP contribution in [-0.4, -0.2) is 0 Å². The van der Waals surface area contributed by atoms with Crippen molar-refractivity contribution in [1.82, 2.24) is 0 Å². The summed E-state index contributed by atoms with van der Waals surface area (Å²) in [6.45, 7) is 0. The Labute approximate surface area is 261 Å². The lowest BCUT2D eigenvalue weighted by Crippen LogP contribution is -1.94. The van der Waals surface area contributed by atoms with Gasteiger partial charge in [-0.1, -0.05) is 146 Å². The maximum absolute atomic E-state index is 6.52. The summed E-state index contributed by atoms with van der Waals surface area (Å²) in [7, 11) is 0. The molecule has 1 nitrogen and oxygen atoms in total. The van der Waals surface area contributed by atoms with E-state index in [4.69, 9.17) is 4.74 Å². The van der Waals surface area contributed by atoms with E-state index in [1.807, 2.05) is 36.4 Å². The summed E-state index contributed by atoms with van der Waals surface area (Å²) in [5.41, 5.74) is 4.78. The topological polar surface area (TPSA) is 9.23 Å². The van der Waals surface area contributed by atoms with Crippen molar-refractivity contribution in [2.75, 3.05) is 0 Å². The normalized spacial score (nSPS) is 11.6. The van der Waals surface area contributed by atoms with E-state index < -0.39 is 0 Å². The van der Waals surface area contributed by atoms with Crippen molar-refractivity contribution in [2.45, 2.75) is 0 Å². The van der Waals surface area contributed by atoms with Gasteiger partial charge in [-0.25, -0.2) is 0 Å². The predicted molar refractivity (Wildman–Crippen MR) is 191 cm³/mol. The zero-order valence-electron chi connectivity index (χ0n) is 24.6. The van der Waals surface area contributed by atoms with Gasteiger partial charge < -0.3 is 4.74 Å². The van der Waals surface area contributed by atoms with Crippen LogP contribution in [0.25, 0.3) is 76.1 Å². The van der Waals surface area contributed by atoms with E-state index in [-0.39, 0.29) is 0 Å². The summed E-state index contributed by atoms with van der Waals surface area (Å²) in [5, 5.41) is 12.5. The van der Waals surface area contributed by atoms with Gasteiger partial charge in [0.25, 0.3) is 0 Å². The van der Waals surface area contributed by atoms with Crippen LogP contribution in [0, 0.1) is 0 Å². The molecule has 0 atom stereocenters. The van der Waals surface area contributed by atoms with E-state index in [9.17, 15) is 0 Å². The molecule has 0 saturated heterocycles. The molecule has 9 aromatic rings. The summed E-state index contributed by atoms with van der Waals surface area (Å²) < 4.78 is 6.52. The van der Waals surface area contributed by atoms with Crippen LogP contribution in [0.15, 0.2) is 170 Å². The standard InChI is InChI=1S/C44H28O/c1-2-15-31(16-3-1)45-41-25-13-12-24-39(41)43-35-20-8-10-22-37(35)44(38-23-11-9-21-36(38)43)40-28-30-27-26-29-14-4-5-17-32(29)42(30)34-19-7-6-18-33(34)40/h1-28H. The molecule has 1 heteroatoms. The fourth-order valence-electron chi connectivity index (χ4n) is 7.17. The van der Waals surface area contributed by atoms with E-state index in [1.165, 1.54) is 70.6 Å². The lowest BCUT2D eigenvalue weighted by molar-refractivity contribution is 0.484. The minimum absolute atomic E-state index is 0.824. The second kappa shape index (κ2) is 10.4. The van der Waals surface area contributed by atoms with Crippen molar-refractivity contribution >= 4 is 53.9 Å². The number of para-hydroxylation sites is 2. The second-order valence-corrected chi connectivity index (χ2v) is 11.6. The Morgan fingerprint density at radius 3 is 1.49 bits per heavy atom. The lowest BCUT2D eigenvalue weighted by Gasteiger charge is -2.21. The molecule has 0 aliphatic rings. The summed E-state index contributed by atoms with van der Waals surface area (Å²) in [4.78, 5) is 0. The highest BCUT2D eigenvalue weighted by atomic mass is 16.5. The Kier molecular flexibility index (Phi) is 5.89. The van der Waals surface area contributed by atoms with E-state index in [2.05, 4.69) is 133 Å². The molecule has 0 bridgehead atoms. The van der Waals surface area contributed by atoms with E-state index in [0.717, 1.165) is 17.1 Å². The molecule has 0 aromatic heterocycles. The molecular weight excluding hydrogens is 544 g/mol. The van der Waals surface area contributed by atoms with Crippen molar-refractivity contribution in [1.29, 1.82) is 0 Å². The molecule has 0 saturated carbocycles. The van der Waals surface area contributed by atoms with Crippen LogP contribution >= 0.6 is 0 Å². The SMILES string of the molecule is c1ccc(Oc2ccccc2-c2c3ccccc3c(-c3cc4ccc5ccccc5c4c4ccccc34)c3ccccc23)cc1. The van der Waals surface area contributed by atoms with Gasteiger partial charge >= 0.3 is 0 Å². The minimum Gasteiger partial charge on any atom is -0.457 e. The average molecular weight is 573 g/mol. The minimum atomic E-state index is 0.824. The van der Waals surface area contributed by atoms with Gasteiger partial charge in [0.1, 0.15) is 11.5 Å². The third kappa shape index (κ3) is 4.09. The molecule has 0 aliphatic heterocycles. The van der Waals surface area contributed by atoms with Crippen LogP contribution in [-0.2, 0) is 0 Å². The number of fused-ring (bicyclic) bond motifs is 7. The fraction of sp³-hybridized carbons (Fsp3) is 0. The third-order valence-electron chi connectivity index (χ3n) is 9.08. The van der Waals surface area contributed by atoms with Crippen LogP contribution in [0.3, 0.4) is 0 Å². The number of rotatable bonds is 4. The van der Waals surface area contributed by atoms with E-state index in [0.29, 0.717) is 0 Å². The second-order valence-electron chi connectivity index (χ2n) is 11.6. The molecule has 0 spiro atoms. The maximum Gasteiger partial charge on any atom is 0.135 e. The highest BCUT2D eigenvalue weighted by molar-refractivity contribution is 6.28. The first kappa shape index (κ1) is 25.6. The molecular formula is C44H28O. The summed E-state index contributed by atoms with van der Waals surface area (Å²) >= 11 is 0. The molecule has 0 amide bonds. The molecule has 0 radical (unpaired) electrons. The van der Waals surface area contributed by atoms with Gasteiger partial charge in [-0.3, -0.25) is 0 Å². The summed E-state index contributed by atoms with van der Waals surface area (Å²) in [5.74, 6) is 1.67. The smallest absolute Gasteiger partial charge is 0.135 e. The number of hydrogen-bond donors (Lipinski definition) is 0. The van der Waals surface area contributed by atoms with Gasteiger partial charge in [0.15, 0.2) is 0 Å².